The van der Waals surface area contributed by atoms with E-state index in [-0.39, 0.29) is 16.8 Å². The lowest BCUT2D eigenvalue weighted by molar-refractivity contribution is 0.558. The molecule has 1 heterocycles. The minimum absolute atomic E-state index is 0.0176. The topological polar surface area (TPSA) is 90.2 Å². The molecule has 1 aromatic heterocycles. The minimum atomic E-state index is -3.72. The van der Waals surface area contributed by atoms with Gasteiger partial charge in [0.15, 0.2) is 0 Å². The number of nitrogens with one attached hydrogen (secondary N) is 1. The van der Waals surface area contributed by atoms with Gasteiger partial charge < -0.3 is 0 Å². The lowest BCUT2D eigenvalue weighted by Gasteiger charge is -2.14. The number of aromatic nitrogens is 2. The minimum Gasteiger partial charge on any atom is -0.289 e. The van der Waals surface area contributed by atoms with Crippen molar-refractivity contribution in [2.45, 2.75) is 36.7 Å². The summed E-state index contributed by atoms with van der Waals surface area (Å²) in [6.07, 6.45) is 3.13. The van der Waals surface area contributed by atoms with Crippen LogP contribution in [0.15, 0.2) is 45.3 Å². The van der Waals surface area contributed by atoms with Gasteiger partial charge in [0.25, 0.3) is 5.56 Å². The van der Waals surface area contributed by atoms with Crippen LogP contribution >= 0.6 is 0 Å². The highest BCUT2D eigenvalue weighted by Crippen LogP contribution is 2.36. The monoisotopic (exact) mass is 349 g/mol. The molecule has 0 atom stereocenters. The standard InChI is InChI=1S/C16H19N3O4S/c1-4-9-19-13-6-5-11(24(22,23)17-16(2)7-8-16)10-12(13)14(20)18(3)15(19)21/h4-6,10,17H,1,7-9H2,2-3H3. The van der Waals surface area contributed by atoms with Crippen molar-refractivity contribution in [2.75, 3.05) is 0 Å². The van der Waals surface area contributed by atoms with Crippen LogP contribution in [0.2, 0.25) is 0 Å². The summed E-state index contributed by atoms with van der Waals surface area (Å²) in [6, 6.07) is 4.23. The zero-order chi connectivity index (χ0) is 17.7. The summed E-state index contributed by atoms with van der Waals surface area (Å²) in [5.41, 5.74) is -1.00. The fourth-order valence-electron chi connectivity index (χ4n) is 2.62. The smallest absolute Gasteiger partial charge is 0.289 e. The normalized spacial score (nSPS) is 16.2. The molecule has 0 bridgehead atoms. The average molecular weight is 349 g/mol. The Balaban J connectivity index is 2.23. The molecule has 24 heavy (non-hydrogen) atoms. The van der Waals surface area contributed by atoms with Crippen molar-refractivity contribution in [1.82, 2.24) is 13.9 Å². The molecule has 7 nitrogen and oxygen atoms in total. The van der Waals surface area contributed by atoms with Crippen molar-refractivity contribution in [2.24, 2.45) is 7.05 Å². The van der Waals surface area contributed by atoms with E-state index < -0.39 is 26.8 Å². The van der Waals surface area contributed by atoms with Crippen LogP contribution in [-0.2, 0) is 23.6 Å². The molecule has 0 amide bonds. The maximum Gasteiger partial charge on any atom is 0.331 e. The number of benzene rings is 1. The van der Waals surface area contributed by atoms with Gasteiger partial charge >= 0.3 is 5.69 Å². The molecule has 0 aliphatic heterocycles. The van der Waals surface area contributed by atoms with Crippen LogP contribution in [0.1, 0.15) is 19.8 Å². The SMILES string of the molecule is C=CCn1c(=O)n(C)c(=O)c2cc(S(=O)(=O)NC3(C)CC3)ccc21. The lowest BCUT2D eigenvalue weighted by Crippen LogP contribution is -2.38. The van der Waals surface area contributed by atoms with Gasteiger partial charge in [-0.1, -0.05) is 6.08 Å². The van der Waals surface area contributed by atoms with Gasteiger partial charge in [0.05, 0.1) is 15.8 Å². The van der Waals surface area contributed by atoms with E-state index in [0.717, 1.165) is 17.4 Å². The molecule has 8 heteroatoms. The largest absolute Gasteiger partial charge is 0.331 e. The molecule has 0 spiro atoms. The Morgan fingerprint density at radius 3 is 2.58 bits per heavy atom. The number of fused-ring (bicyclic) bond motifs is 1. The average Bonchev–Trinajstić information content (AvgIpc) is 3.25. The molecule has 1 fully saturated rings. The van der Waals surface area contributed by atoms with Gasteiger partial charge in [0, 0.05) is 19.1 Å². The zero-order valence-corrected chi connectivity index (χ0v) is 14.4. The Morgan fingerprint density at radius 2 is 2.00 bits per heavy atom. The maximum absolute atomic E-state index is 12.5. The van der Waals surface area contributed by atoms with E-state index in [1.54, 1.807) is 6.08 Å². The van der Waals surface area contributed by atoms with E-state index in [9.17, 15) is 18.0 Å². The molecule has 1 aliphatic rings. The summed E-state index contributed by atoms with van der Waals surface area (Å²) in [5, 5.41) is 0.183. The third kappa shape index (κ3) is 2.71. The Hall–Kier alpha value is -2.19. The molecular formula is C16H19N3O4S. The van der Waals surface area contributed by atoms with Crippen LogP contribution in [0.4, 0.5) is 0 Å². The van der Waals surface area contributed by atoms with Gasteiger partial charge in [-0.15, -0.1) is 6.58 Å². The quantitative estimate of drug-likeness (QED) is 0.805. The summed E-state index contributed by atoms with van der Waals surface area (Å²) in [6.45, 7) is 5.67. The van der Waals surface area contributed by atoms with Crippen molar-refractivity contribution in [3.63, 3.8) is 0 Å². The van der Waals surface area contributed by atoms with Crippen LogP contribution in [0, 0.1) is 0 Å². The Labute approximate surface area is 139 Å². The Kier molecular flexibility index (Phi) is 3.76. The van der Waals surface area contributed by atoms with Crippen LogP contribution in [0.5, 0.6) is 0 Å². The first-order chi connectivity index (χ1) is 11.2. The Bertz CT molecular complexity index is 1060. The van der Waals surface area contributed by atoms with Crippen LogP contribution in [-0.4, -0.2) is 23.1 Å². The third-order valence-electron chi connectivity index (χ3n) is 4.31. The predicted octanol–water partition coefficient (Wildman–Crippen LogP) is 0.717. The molecule has 0 saturated heterocycles. The van der Waals surface area contributed by atoms with Crippen LogP contribution in [0.3, 0.4) is 0 Å². The molecule has 0 unspecified atom stereocenters. The lowest BCUT2D eigenvalue weighted by atomic mass is 10.2. The highest BCUT2D eigenvalue weighted by atomic mass is 32.2. The van der Waals surface area contributed by atoms with Gasteiger partial charge in [-0.2, -0.15) is 0 Å². The Morgan fingerprint density at radius 1 is 1.33 bits per heavy atom. The fourth-order valence-corrected chi connectivity index (χ4v) is 4.11. The summed E-state index contributed by atoms with van der Waals surface area (Å²) < 4.78 is 30.0. The zero-order valence-electron chi connectivity index (χ0n) is 13.6. The molecule has 3 rings (SSSR count). The molecule has 1 N–H and O–H groups in total. The van der Waals surface area contributed by atoms with Gasteiger partial charge in [-0.3, -0.25) is 13.9 Å². The summed E-state index contributed by atoms with van der Waals surface area (Å²) in [7, 11) is -2.35. The van der Waals surface area contributed by atoms with E-state index >= 15 is 0 Å². The van der Waals surface area contributed by atoms with Crippen LogP contribution in [0.25, 0.3) is 10.9 Å². The molecule has 2 aromatic rings. The predicted molar refractivity (Wildman–Crippen MR) is 91.6 cm³/mol. The van der Waals surface area contributed by atoms with Crippen molar-refractivity contribution in [1.29, 1.82) is 0 Å². The van der Waals surface area contributed by atoms with Gasteiger partial charge in [0.2, 0.25) is 10.0 Å². The van der Waals surface area contributed by atoms with E-state index in [1.807, 2.05) is 6.92 Å². The first kappa shape index (κ1) is 16.7. The number of rotatable bonds is 5. The second-order valence-corrected chi connectivity index (χ2v) is 8.07. The molecule has 0 radical (unpaired) electrons. The number of allylic oxidation sites excluding steroid dienone is 1. The van der Waals surface area contributed by atoms with Gasteiger partial charge in [0.1, 0.15) is 0 Å². The van der Waals surface area contributed by atoms with Gasteiger partial charge in [-0.25, -0.2) is 17.9 Å². The third-order valence-corrected chi connectivity index (χ3v) is 5.95. The number of nitrogens with zero attached hydrogens (tertiary/aromatic N) is 2. The van der Waals surface area contributed by atoms with E-state index in [1.165, 1.54) is 29.8 Å². The summed E-state index contributed by atoms with van der Waals surface area (Å²) in [5.74, 6) is 0. The van der Waals surface area contributed by atoms with E-state index in [0.29, 0.717) is 5.52 Å². The molecule has 128 valence electrons. The van der Waals surface area contributed by atoms with Crippen LogP contribution < -0.4 is 16.0 Å². The first-order valence-corrected chi connectivity index (χ1v) is 9.05. The maximum atomic E-state index is 12.5. The van der Waals surface area contributed by atoms with E-state index in [2.05, 4.69) is 11.3 Å². The van der Waals surface area contributed by atoms with Crippen molar-refractivity contribution in [3.05, 3.63) is 51.7 Å². The highest BCUT2D eigenvalue weighted by molar-refractivity contribution is 7.89. The first-order valence-electron chi connectivity index (χ1n) is 7.57. The molecular weight excluding hydrogens is 330 g/mol. The van der Waals surface area contributed by atoms with Crippen molar-refractivity contribution in [3.8, 4) is 0 Å². The molecule has 1 aromatic carbocycles. The molecule has 1 saturated carbocycles. The summed E-state index contributed by atoms with van der Waals surface area (Å²) >= 11 is 0. The number of hydrogen-bond donors (Lipinski definition) is 1. The number of sulfonamides is 1. The van der Waals surface area contributed by atoms with E-state index in [4.69, 9.17) is 0 Å². The molecule has 1 aliphatic carbocycles. The highest BCUT2D eigenvalue weighted by Gasteiger charge is 2.41. The van der Waals surface area contributed by atoms with Crippen molar-refractivity contribution < 1.29 is 8.42 Å². The fraction of sp³-hybridized carbons (Fsp3) is 0.375. The second kappa shape index (κ2) is 5.42. The van der Waals surface area contributed by atoms with Crippen molar-refractivity contribution >= 4 is 20.9 Å². The summed E-state index contributed by atoms with van der Waals surface area (Å²) in [4.78, 5) is 24.6. The number of hydrogen-bond acceptors (Lipinski definition) is 4. The van der Waals surface area contributed by atoms with Gasteiger partial charge in [-0.05, 0) is 38.0 Å². The second-order valence-electron chi connectivity index (χ2n) is 6.39.